The zero-order valence-electron chi connectivity index (χ0n) is 11.7. The van der Waals surface area contributed by atoms with Gasteiger partial charge in [-0.1, -0.05) is 12.1 Å². The van der Waals surface area contributed by atoms with Gasteiger partial charge in [0.05, 0.1) is 5.69 Å². The number of nitrogens with zero attached hydrogens (tertiary/aromatic N) is 1. The standard InChI is InChI=1S/C12H22BNO3/c1-7-12(5,6)17-13(15-8-2)11-9(3)14-16-10(11)4/h7-8H2,1-6H3. The lowest BCUT2D eigenvalue weighted by molar-refractivity contribution is 0.0705. The molecule has 0 aliphatic heterocycles. The Kier molecular flexibility index (Phi) is 4.77. The van der Waals surface area contributed by atoms with Crippen LogP contribution in [0.25, 0.3) is 0 Å². The van der Waals surface area contributed by atoms with Gasteiger partial charge in [-0.15, -0.1) is 0 Å². The van der Waals surface area contributed by atoms with Gasteiger partial charge in [0, 0.05) is 17.7 Å². The predicted molar refractivity (Wildman–Crippen MR) is 68.4 cm³/mol. The van der Waals surface area contributed by atoms with E-state index in [0.717, 1.165) is 23.3 Å². The van der Waals surface area contributed by atoms with E-state index in [1.54, 1.807) is 0 Å². The molecule has 0 aromatic carbocycles. The SMILES string of the molecule is CCOB(OC(C)(C)CC)c1c(C)noc1C. The van der Waals surface area contributed by atoms with Crippen molar-refractivity contribution in [1.82, 2.24) is 5.16 Å². The molecule has 0 bridgehead atoms. The van der Waals surface area contributed by atoms with Crippen molar-refractivity contribution in [2.75, 3.05) is 6.61 Å². The van der Waals surface area contributed by atoms with E-state index >= 15 is 0 Å². The normalized spacial score (nSPS) is 11.9. The van der Waals surface area contributed by atoms with Crippen LogP contribution in [0.1, 0.15) is 45.6 Å². The van der Waals surface area contributed by atoms with E-state index < -0.39 is 7.12 Å². The molecule has 0 amide bonds. The number of rotatable bonds is 6. The summed E-state index contributed by atoms with van der Waals surface area (Å²) >= 11 is 0. The molecule has 0 fully saturated rings. The number of aromatic nitrogens is 1. The molecule has 1 heterocycles. The minimum Gasteiger partial charge on any atom is -0.407 e. The lowest BCUT2D eigenvalue weighted by atomic mass is 9.76. The third-order valence-corrected chi connectivity index (χ3v) is 2.92. The number of hydrogen-bond donors (Lipinski definition) is 0. The van der Waals surface area contributed by atoms with Gasteiger partial charge in [-0.25, -0.2) is 0 Å². The molecule has 5 heteroatoms. The minimum absolute atomic E-state index is 0.226. The van der Waals surface area contributed by atoms with Gasteiger partial charge in [0.25, 0.3) is 0 Å². The Morgan fingerprint density at radius 1 is 1.29 bits per heavy atom. The minimum atomic E-state index is -0.402. The predicted octanol–water partition coefficient (Wildman–Crippen LogP) is 2.23. The summed E-state index contributed by atoms with van der Waals surface area (Å²) in [5, 5.41) is 3.94. The maximum atomic E-state index is 6.01. The fourth-order valence-corrected chi connectivity index (χ4v) is 1.53. The smallest absolute Gasteiger partial charge is 0.407 e. The molecule has 0 spiro atoms. The van der Waals surface area contributed by atoms with Gasteiger partial charge in [-0.3, -0.25) is 0 Å². The molecule has 0 saturated carbocycles. The number of aryl methyl sites for hydroxylation is 2. The zero-order valence-corrected chi connectivity index (χ0v) is 11.7. The van der Waals surface area contributed by atoms with Crippen molar-refractivity contribution >= 4 is 12.6 Å². The average molecular weight is 239 g/mol. The van der Waals surface area contributed by atoms with Crippen LogP contribution in [0.2, 0.25) is 0 Å². The van der Waals surface area contributed by atoms with Crippen molar-refractivity contribution in [3.05, 3.63) is 11.5 Å². The fraction of sp³-hybridized carbons (Fsp3) is 0.750. The van der Waals surface area contributed by atoms with E-state index in [2.05, 4.69) is 25.9 Å². The lowest BCUT2D eigenvalue weighted by Gasteiger charge is -2.27. The van der Waals surface area contributed by atoms with Gasteiger partial charge in [-0.05, 0) is 41.0 Å². The fourth-order valence-electron chi connectivity index (χ4n) is 1.53. The molecular weight excluding hydrogens is 217 g/mol. The quantitative estimate of drug-likeness (QED) is 0.714. The maximum Gasteiger partial charge on any atom is 0.499 e. The van der Waals surface area contributed by atoms with Crippen molar-refractivity contribution in [2.24, 2.45) is 0 Å². The second-order valence-corrected chi connectivity index (χ2v) is 4.76. The Morgan fingerprint density at radius 3 is 2.35 bits per heavy atom. The monoisotopic (exact) mass is 239 g/mol. The summed E-state index contributed by atoms with van der Waals surface area (Å²) in [6.45, 7) is 12.5. The highest BCUT2D eigenvalue weighted by Crippen LogP contribution is 2.16. The summed E-state index contributed by atoms with van der Waals surface area (Å²) in [5.41, 5.74) is 1.51. The maximum absolute atomic E-state index is 6.01. The van der Waals surface area contributed by atoms with Gasteiger partial charge in [0.15, 0.2) is 0 Å². The second-order valence-electron chi connectivity index (χ2n) is 4.76. The van der Waals surface area contributed by atoms with Crippen molar-refractivity contribution in [3.8, 4) is 0 Å². The van der Waals surface area contributed by atoms with Crippen LogP contribution in [0.15, 0.2) is 4.52 Å². The lowest BCUT2D eigenvalue weighted by Crippen LogP contribution is -2.45. The molecule has 4 nitrogen and oxygen atoms in total. The molecule has 0 aliphatic carbocycles. The van der Waals surface area contributed by atoms with Crippen LogP contribution in [-0.2, 0) is 9.31 Å². The van der Waals surface area contributed by atoms with Crippen LogP contribution in [-0.4, -0.2) is 24.5 Å². The highest BCUT2D eigenvalue weighted by atomic mass is 16.6. The van der Waals surface area contributed by atoms with E-state index in [1.807, 2.05) is 20.8 Å². The molecule has 17 heavy (non-hydrogen) atoms. The first-order chi connectivity index (χ1) is 7.91. The zero-order chi connectivity index (χ0) is 13.1. The molecule has 0 aliphatic rings. The van der Waals surface area contributed by atoms with Crippen molar-refractivity contribution in [1.29, 1.82) is 0 Å². The molecule has 0 radical (unpaired) electrons. The number of hydrogen-bond acceptors (Lipinski definition) is 4. The van der Waals surface area contributed by atoms with E-state index in [1.165, 1.54) is 0 Å². The average Bonchev–Trinajstić information content (AvgIpc) is 2.58. The van der Waals surface area contributed by atoms with E-state index in [0.29, 0.717) is 6.61 Å². The molecule has 0 atom stereocenters. The third kappa shape index (κ3) is 3.58. The first-order valence-electron chi connectivity index (χ1n) is 6.13. The van der Waals surface area contributed by atoms with Crippen LogP contribution in [0, 0.1) is 13.8 Å². The Balaban J connectivity index is 2.94. The topological polar surface area (TPSA) is 44.5 Å². The Morgan fingerprint density at radius 2 is 1.94 bits per heavy atom. The van der Waals surface area contributed by atoms with E-state index in [-0.39, 0.29) is 5.60 Å². The summed E-state index contributed by atoms with van der Waals surface area (Å²) in [5.74, 6) is 0.757. The second kappa shape index (κ2) is 5.69. The Bertz CT molecular complexity index is 343. The van der Waals surface area contributed by atoms with Gasteiger partial charge in [0.2, 0.25) is 0 Å². The molecule has 1 aromatic heterocycles. The highest BCUT2D eigenvalue weighted by molar-refractivity contribution is 6.62. The molecule has 1 aromatic rings. The van der Waals surface area contributed by atoms with Gasteiger partial charge >= 0.3 is 7.12 Å². The van der Waals surface area contributed by atoms with Crippen molar-refractivity contribution < 1.29 is 13.8 Å². The third-order valence-electron chi connectivity index (χ3n) is 2.92. The summed E-state index contributed by atoms with van der Waals surface area (Å²) < 4.78 is 16.8. The van der Waals surface area contributed by atoms with Crippen LogP contribution in [0.3, 0.4) is 0 Å². The summed E-state index contributed by atoms with van der Waals surface area (Å²) in [6.07, 6.45) is 0.917. The molecule has 0 N–H and O–H groups in total. The molecule has 0 unspecified atom stereocenters. The Hall–Kier alpha value is -0.805. The van der Waals surface area contributed by atoms with Crippen LogP contribution < -0.4 is 5.46 Å². The first-order valence-corrected chi connectivity index (χ1v) is 6.13. The summed E-state index contributed by atoms with van der Waals surface area (Å²) in [6, 6.07) is 0. The van der Waals surface area contributed by atoms with E-state index in [9.17, 15) is 0 Å². The molecular formula is C12H22BNO3. The Labute approximate surface area is 104 Å². The van der Waals surface area contributed by atoms with Gasteiger partial charge < -0.3 is 13.8 Å². The van der Waals surface area contributed by atoms with Crippen LogP contribution in [0.4, 0.5) is 0 Å². The highest BCUT2D eigenvalue weighted by Gasteiger charge is 2.33. The molecule has 1 rings (SSSR count). The van der Waals surface area contributed by atoms with Crippen LogP contribution in [0.5, 0.6) is 0 Å². The first kappa shape index (κ1) is 14.3. The van der Waals surface area contributed by atoms with Gasteiger partial charge in [-0.2, -0.15) is 0 Å². The van der Waals surface area contributed by atoms with Gasteiger partial charge in [0.1, 0.15) is 5.76 Å². The summed E-state index contributed by atoms with van der Waals surface area (Å²) in [4.78, 5) is 0. The summed E-state index contributed by atoms with van der Waals surface area (Å²) in [7, 11) is -0.402. The van der Waals surface area contributed by atoms with Crippen LogP contribution >= 0.6 is 0 Å². The van der Waals surface area contributed by atoms with Crippen molar-refractivity contribution in [2.45, 2.75) is 53.6 Å². The van der Waals surface area contributed by atoms with Crippen molar-refractivity contribution in [3.63, 3.8) is 0 Å². The molecule has 0 saturated heterocycles. The largest absolute Gasteiger partial charge is 0.499 e. The van der Waals surface area contributed by atoms with E-state index in [4.69, 9.17) is 13.8 Å². The molecule has 96 valence electrons.